The minimum atomic E-state index is 0.510. The van der Waals surface area contributed by atoms with Gasteiger partial charge in [0.2, 0.25) is 0 Å². The highest BCUT2D eigenvalue weighted by Gasteiger charge is 2.17. The van der Waals surface area contributed by atoms with Crippen molar-refractivity contribution in [1.29, 1.82) is 0 Å². The predicted molar refractivity (Wildman–Crippen MR) is 69.3 cm³/mol. The summed E-state index contributed by atoms with van der Waals surface area (Å²) >= 11 is 0. The number of likely N-dealkylation sites (tertiary alicyclic amines) is 1. The van der Waals surface area contributed by atoms with E-state index >= 15 is 0 Å². The second kappa shape index (κ2) is 4.69. The smallest absolute Gasteiger partial charge is 0.120 e. The quantitative estimate of drug-likeness (QED) is 0.846. The van der Waals surface area contributed by atoms with E-state index in [9.17, 15) is 5.11 Å². The second-order valence-electron chi connectivity index (χ2n) is 5.44. The zero-order valence-corrected chi connectivity index (χ0v) is 10.4. The van der Waals surface area contributed by atoms with Crippen LogP contribution in [0.25, 0.3) is 0 Å². The largest absolute Gasteiger partial charge is 0.508 e. The molecular formula is C15H21NO. The summed E-state index contributed by atoms with van der Waals surface area (Å²) in [7, 11) is 0. The van der Waals surface area contributed by atoms with Crippen LogP contribution >= 0.6 is 0 Å². The van der Waals surface area contributed by atoms with E-state index in [4.69, 9.17) is 0 Å². The van der Waals surface area contributed by atoms with Crippen LogP contribution in [0.3, 0.4) is 0 Å². The average molecular weight is 231 g/mol. The summed E-state index contributed by atoms with van der Waals surface area (Å²) in [6.45, 7) is 3.31. The van der Waals surface area contributed by atoms with Crippen molar-refractivity contribution in [2.45, 2.75) is 45.1 Å². The number of nitrogens with zero attached hydrogens (tertiary/aromatic N) is 1. The van der Waals surface area contributed by atoms with Crippen LogP contribution < -0.4 is 0 Å². The number of hydrogen-bond donors (Lipinski definition) is 1. The summed E-state index contributed by atoms with van der Waals surface area (Å²) < 4.78 is 0. The van der Waals surface area contributed by atoms with Crippen molar-refractivity contribution in [3.05, 3.63) is 28.8 Å². The monoisotopic (exact) mass is 231 g/mol. The molecule has 2 nitrogen and oxygen atoms in total. The number of phenolic OH excluding ortho intramolecular Hbond substituents is 1. The van der Waals surface area contributed by atoms with Crippen molar-refractivity contribution < 1.29 is 5.11 Å². The Morgan fingerprint density at radius 1 is 0.941 bits per heavy atom. The highest BCUT2D eigenvalue weighted by molar-refractivity contribution is 5.44. The van der Waals surface area contributed by atoms with Gasteiger partial charge in [0.05, 0.1) is 0 Å². The summed E-state index contributed by atoms with van der Waals surface area (Å²) in [6.07, 6.45) is 7.58. The van der Waals surface area contributed by atoms with Crippen LogP contribution in [0.2, 0.25) is 0 Å². The van der Waals surface area contributed by atoms with E-state index in [1.165, 1.54) is 56.3 Å². The van der Waals surface area contributed by atoms with Gasteiger partial charge in [-0.3, -0.25) is 4.90 Å². The van der Waals surface area contributed by atoms with Gasteiger partial charge in [-0.15, -0.1) is 0 Å². The third-order valence-electron chi connectivity index (χ3n) is 4.14. The molecule has 0 saturated carbocycles. The van der Waals surface area contributed by atoms with E-state index in [-0.39, 0.29) is 0 Å². The van der Waals surface area contributed by atoms with Crippen molar-refractivity contribution in [3.63, 3.8) is 0 Å². The van der Waals surface area contributed by atoms with Crippen LogP contribution in [0.5, 0.6) is 5.75 Å². The topological polar surface area (TPSA) is 23.5 Å². The zero-order valence-electron chi connectivity index (χ0n) is 10.4. The van der Waals surface area contributed by atoms with Crippen LogP contribution in [0.15, 0.2) is 12.1 Å². The van der Waals surface area contributed by atoms with Crippen molar-refractivity contribution in [2.24, 2.45) is 0 Å². The Bertz CT molecular complexity index is 408. The van der Waals surface area contributed by atoms with Gasteiger partial charge in [0, 0.05) is 12.1 Å². The fraction of sp³-hybridized carbons (Fsp3) is 0.600. The molecule has 1 heterocycles. The van der Waals surface area contributed by atoms with Gasteiger partial charge in [0.1, 0.15) is 5.75 Å². The normalized spacial score (nSPS) is 20.5. The van der Waals surface area contributed by atoms with Gasteiger partial charge in [0.25, 0.3) is 0 Å². The molecule has 2 aliphatic rings. The molecule has 1 aromatic carbocycles. The summed E-state index contributed by atoms with van der Waals surface area (Å²) in [5.41, 5.74) is 3.97. The highest BCUT2D eigenvalue weighted by Crippen LogP contribution is 2.30. The van der Waals surface area contributed by atoms with E-state index in [1.54, 1.807) is 0 Å². The molecule has 0 aromatic heterocycles. The first-order chi connectivity index (χ1) is 8.33. The first kappa shape index (κ1) is 11.1. The third kappa shape index (κ3) is 2.32. The van der Waals surface area contributed by atoms with Gasteiger partial charge in [-0.05, 0) is 62.4 Å². The van der Waals surface area contributed by atoms with Crippen molar-refractivity contribution in [1.82, 2.24) is 4.90 Å². The SMILES string of the molecule is Oc1cc2c(cc1CN1CCCCC1)CCC2. The van der Waals surface area contributed by atoms with E-state index < -0.39 is 0 Å². The van der Waals surface area contributed by atoms with E-state index in [2.05, 4.69) is 11.0 Å². The van der Waals surface area contributed by atoms with Crippen LogP contribution in [-0.2, 0) is 19.4 Å². The maximum atomic E-state index is 10.1. The van der Waals surface area contributed by atoms with Crippen LogP contribution in [0.4, 0.5) is 0 Å². The summed E-state index contributed by atoms with van der Waals surface area (Å²) in [4.78, 5) is 2.47. The maximum absolute atomic E-state index is 10.1. The fourth-order valence-corrected chi connectivity index (χ4v) is 3.15. The predicted octanol–water partition coefficient (Wildman–Crippen LogP) is 2.87. The van der Waals surface area contributed by atoms with Gasteiger partial charge in [-0.2, -0.15) is 0 Å². The van der Waals surface area contributed by atoms with E-state index in [0.717, 1.165) is 18.5 Å². The number of fused-ring (bicyclic) bond motifs is 1. The Hall–Kier alpha value is -1.02. The first-order valence-corrected chi connectivity index (χ1v) is 6.89. The van der Waals surface area contributed by atoms with E-state index in [1.807, 2.05) is 6.07 Å². The second-order valence-corrected chi connectivity index (χ2v) is 5.44. The standard InChI is InChI=1S/C15H21NO/c17-15-10-13-6-4-5-12(13)9-14(15)11-16-7-2-1-3-8-16/h9-10,17H,1-8,11H2. The van der Waals surface area contributed by atoms with Crippen molar-refractivity contribution >= 4 is 0 Å². The molecule has 17 heavy (non-hydrogen) atoms. The molecule has 0 radical (unpaired) electrons. The zero-order chi connectivity index (χ0) is 11.7. The summed E-state index contributed by atoms with van der Waals surface area (Å²) in [6, 6.07) is 4.24. The molecule has 1 aliphatic heterocycles. The minimum Gasteiger partial charge on any atom is -0.508 e. The molecular weight excluding hydrogens is 210 g/mol. The summed E-state index contributed by atoms with van der Waals surface area (Å²) in [5, 5.41) is 10.1. The molecule has 0 spiro atoms. The number of hydrogen-bond acceptors (Lipinski definition) is 2. The number of rotatable bonds is 2. The molecule has 92 valence electrons. The minimum absolute atomic E-state index is 0.510. The number of aromatic hydroxyl groups is 1. The Labute approximate surface area is 103 Å². The Kier molecular flexibility index (Phi) is 3.06. The molecule has 2 heteroatoms. The Morgan fingerprint density at radius 3 is 2.41 bits per heavy atom. The molecule has 1 saturated heterocycles. The van der Waals surface area contributed by atoms with Crippen LogP contribution in [0.1, 0.15) is 42.4 Å². The Balaban J connectivity index is 1.78. The molecule has 1 N–H and O–H groups in total. The van der Waals surface area contributed by atoms with Gasteiger partial charge in [-0.1, -0.05) is 12.5 Å². The van der Waals surface area contributed by atoms with Gasteiger partial charge < -0.3 is 5.11 Å². The average Bonchev–Trinajstić information content (AvgIpc) is 2.78. The molecule has 0 amide bonds. The molecule has 0 unspecified atom stereocenters. The molecule has 1 aromatic rings. The molecule has 1 fully saturated rings. The number of phenols is 1. The van der Waals surface area contributed by atoms with Crippen molar-refractivity contribution in [3.8, 4) is 5.75 Å². The number of benzene rings is 1. The van der Waals surface area contributed by atoms with Crippen LogP contribution in [0, 0.1) is 0 Å². The van der Waals surface area contributed by atoms with Crippen molar-refractivity contribution in [2.75, 3.05) is 13.1 Å². The molecule has 0 bridgehead atoms. The lowest BCUT2D eigenvalue weighted by Crippen LogP contribution is -2.29. The molecule has 3 rings (SSSR count). The lowest BCUT2D eigenvalue weighted by molar-refractivity contribution is 0.218. The van der Waals surface area contributed by atoms with E-state index in [0.29, 0.717) is 5.75 Å². The third-order valence-corrected chi connectivity index (χ3v) is 4.14. The lowest BCUT2D eigenvalue weighted by Gasteiger charge is -2.26. The number of aryl methyl sites for hydroxylation is 2. The van der Waals surface area contributed by atoms with Gasteiger partial charge in [-0.25, -0.2) is 0 Å². The van der Waals surface area contributed by atoms with Crippen LogP contribution in [-0.4, -0.2) is 23.1 Å². The first-order valence-electron chi connectivity index (χ1n) is 6.89. The molecule has 0 atom stereocenters. The van der Waals surface area contributed by atoms with Gasteiger partial charge >= 0.3 is 0 Å². The Morgan fingerprint density at radius 2 is 1.65 bits per heavy atom. The van der Waals surface area contributed by atoms with Gasteiger partial charge in [0.15, 0.2) is 0 Å². The summed E-state index contributed by atoms with van der Waals surface area (Å²) in [5.74, 6) is 0.510. The molecule has 1 aliphatic carbocycles. The maximum Gasteiger partial charge on any atom is 0.120 e. The fourth-order valence-electron chi connectivity index (χ4n) is 3.15. The number of piperidine rings is 1. The highest BCUT2D eigenvalue weighted by atomic mass is 16.3. The lowest BCUT2D eigenvalue weighted by atomic mass is 10.0.